The van der Waals surface area contributed by atoms with Crippen molar-refractivity contribution in [1.29, 1.82) is 0 Å². The summed E-state index contributed by atoms with van der Waals surface area (Å²) in [7, 11) is 0. The zero-order valence-electron chi connectivity index (χ0n) is 18.9. The maximum absolute atomic E-state index is 14.3. The lowest BCUT2D eigenvalue weighted by molar-refractivity contribution is -0.137. The minimum atomic E-state index is -1.08. The Labute approximate surface area is 197 Å². The number of benzene rings is 2. The van der Waals surface area contributed by atoms with E-state index in [1.54, 1.807) is 12.1 Å². The lowest BCUT2D eigenvalue weighted by Crippen LogP contribution is -2.40. The fraction of sp³-hybridized carbons (Fsp3) is 0.400. The van der Waals surface area contributed by atoms with Crippen LogP contribution in [0, 0.1) is 11.6 Å². The van der Waals surface area contributed by atoms with E-state index in [2.05, 4.69) is 0 Å². The second kappa shape index (κ2) is 11.7. The molecule has 0 aliphatic carbocycles. The number of nitrogens with two attached hydrogens (primary N) is 1. The highest BCUT2D eigenvalue weighted by molar-refractivity contribution is 6.09. The average Bonchev–Trinajstić information content (AvgIpc) is 2.89. The van der Waals surface area contributed by atoms with Crippen LogP contribution in [0.2, 0.25) is 0 Å². The summed E-state index contributed by atoms with van der Waals surface area (Å²) < 4.78 is 27.7. The van der Waals surface area contributed by atoms with E-state index in [9.17, 15) is 23.2 Å². The molecule has 2 amide bonds. The van der Waals surface area contributed by atoms with Crippen LogP contribution in [0.25, 0.3) is 0 Å². The summed E-state index contributed by atoms with van der Waals surface area (Å²) in [4.78, 5) is 40.0. The van der Waals surface area contributed by atoms with Crippen LogP contribution in [0.1, 0.15) is 53.6 Å². The standard InChI is InChI=1S/C25H29F2N3O4/c26-19-8-7-18(21(27)14-19)15-30-22-9-6-17(5-3-1-2-4-11-28)13-20(22)25(34)29(16-23(30)31)12-10-24(32)33/h6-9,13-14H,1-5,10-12,15-16,28H2,(H,32,33). The molecule has 7 nitrogen and oxygen atoms in total. The summed E-state index contributed by atoms with van der Waals surface area (Å²) in [5.41, 5.74) is 7.14. The van der Waals surface area contributed by atoms with Crippen molar-refractivity contribution in [2.75, 3.05) is 24.5 Å². The maximum atomic E-state index is 14.3. The molecule has 0 saturated heterocycles. The van der Waals surface area contributed by atoms with Crippen molar-refractivity contribution in [3.63, 3.8) is 0 Å². The number of halogens is 2. The summed E-state index contributed by atoms with van der Waals surface area (Å²) in [6.07, 6.45) is 4.33. The highest BCUT2D eigenvalue weighted by Crippen LogP contribution is 2.30. The Hall–Kier alpha value is -3.33. The van der Waals surface area contributed by atoms with Crippen LogP contribution in [0.5, 0.6) is 0 Å². The molecule has 2 aromatic carbocycles. The van der Waals surface area contributed by atoms with Gasteiger partial charge in [0.05, 0.1) is 24.2 Å². The molecule has 3 rings (SSSR count). The lowest BCUT2D eigenvalue weighted by atomic mass is 10.0. The first-order chi connectivity index (χ1) is 16.3. The number of carbonyl (C=O) groups excluding carboxylic acids is 2. The molecule has 9 heteroatoms. The largest absolute Gasteiger partial charge is 0.481 e. The smallest absolute Gasteiger partial charge is 0.305 e. The fourth-order valence-corrected chi connectivity index (χ4v) is 4.00. The number of hydrogen-bond acceptors (Lipinski definition) is 4. The van der Waals surface area contributed by atoms with E-state index in [1.807, 2.05) is 6.07 Å². The summed E-state index contributed by atoms with van der Waals surface area (Å²) in [5, 5.41) is 9.05. The van der Waals surface area contributed by atoms with Crippen molar-refractivity contribution in [2.45, 2.75) is 45.1 Å². The number of aliphatic carboxylic acids is 1. The Morgan fingerprint density at radius 2 is 1.79 bits per heavy atom. The van der Waals surface area contributed by atoms with Gasteiger partial charge in [-0.1, -0.05) is 25.0 Å². The molecule has 1 aliphatic rings. The lowest BCUT2D eigenvalue weighted by Gasteiger charge is -2.23. The van der Waals surface area contributed by atoms with Crippen molar-refractivity contribution >= 4 is 23.5 Å². The van der Waals surface area contributed by atoms with Gasteiger partial charge in [-0.05, 0) is 49.6 Å². The molecule has 0 spiro atoms. The summed E-state index contributed by atoms with van der Waals surface area (Å²) >= 11 is 0. The second-order valence-electron chi connectivity index (χ2n) is 8.39. The number of amides is 2. The number of hydrogen-bond donors (Lipinski definition) is 2. The van der Waals surface area contributed by atoms with Crippen LogP contribution in [0.3, 0.4) is 0 Å². The summed E-state index contributed by atoms with van der Waals surface area (Å²) in [6, 6.07) is 8.35. The van der Waals surface area contributed by atoms with E-state index >= 15 is 0 Å². The third-order valence-electron chi connectivity index (χ3n) is 5.86. The van der Waals surface area contributed by atoms with Gasteiger partial charge >= 0.3 is 5.97 Å². The van der Waals surface area contributed by atoms with Crippen molar-refractivity contribution in [3.8, 4) is 0 Å². The third-order valence-corrected chi connectivity index (χ3v) is 5.86. The molecule has 34 heavy (non-hydrogen) atoms. The number of anilines is 1. The van der Waals surface area contributed by atoms with Crippen molar-refractivity contribution in [3.05, 3.63) is 64.7 Å². The first-order valence-corrected chi connectivity index (χ1v) is 11.4. The molecule has 0 unspecified atom stereocenters. The SMILES string of the molecule is NCCCCCCc1ccc2c(c1)C(=O)N(CCC(=O)O)CC(=O)N2Cc1ccc(F)cc1F. The molecule has 1 heterocycles. The molecular weight excluding hydrogens is 444 g/mol. The second-order valence-corrected chi connectivity index (χ2v) is 8.39. The Balaban J connectivity index is 1.92. The van der Waals surface area contributed by atoms with Gasteiger partial charge in [-0.25, -0.2) is 8.78 Å². The molecule has 0 aromatic heterocycles. The van der Waals surface area contributed by atoms with Crippen LogP contribution in [-0.2, 0) is 22.6 Å². The molecular formula is C25H29F2N3O4. The molecule has 182 valence electrons. The molecule has 0 atom stereocenters. The number of carboxylic acid groups (broad SMARTS) is 1. The Morgan fingerprint density at radius 3 is 2.50 bits per heavy atom. The molecule has 2 aromatic rings. The van der Waals surface area contributed by atoms with Gasteiger partial charge in [0, 0.05) is 18.2 Å². The minimum absolute atomic E-state index is 0.108. The molecule has 0 saturated carbocycles. The Bertz CT molecular complexity index is 1060. The van der Waals surface area contributed by atoms with Crippen LogP contribution < -0.4 is 10.6 Å². The first-order valence-electron chi connectivity index (χ1n) is 11.4. The highest BCUT2D eigenvalue weighted by atomic mass is 19.1. The van der Waals surface area contributed by atoms with E-state index in [0.717, 1.165) is 49.8 Å². The zero-order valence-corrected chi connectivity index (χ0v) is 18.9. The quantitative estimate of drug-likeness (QED) is 0.486. The minimum Gasteiger partial charge on any atom is -0.481 e. The van der Waals surface area contributed by atoms with E-state index in [-0.39, 0.29) is 37.2 Å². The van der Waals surface area contributed by atoms with Gasteiger partial charge in [0.2, 0.25) is 5.91 Å². The molecule has 3 N–H and O–H groups in total. The molecule has 0 fully saturated rings. The predicted octanol–water partition coefficient (Wildman–Crippen LogP) is 3.49. The summed E-state index contributed by atoms with van der Waals surface area (Å²) in [5.74, 6) is -3.52. The molecule has 0 bridgehead atoms. The van der Waals surface area contributed by atoms with E-state index in [1.165, 1.54) is 15.9 Å². The topological polar surface area (TPSA) is 104 Å². The number of nitrogens with zero attached hydrogens (tertiary/aromatic N) is 2. The van der Waals surface area contributed by atoms with Crippen LogP contribution in [-0.4, -0.2) is 47.4 Å². The number of fused-ring (bicyclic) bond motifs is 1. The van der Waals surface area contributed by atoms with Gasteiger partial charge in [-0.15, -0.1) is 0 Å². The highest BCUT2D eigenvalue weighted by Gasteiger charge is 2.32. The van der Waals surface area contributed by atoms with Gasteiger partial charge in [0.1, 0.15) is 18.2 Å². The van der Waals surface area contributed by atoms with Crippen molar-refractivity contribution < 1.29 is 28.3 Å². The van der Waals surface area contributed by atoms with Gasteiger partial charge in [0.15, 0.2) is 0 Å². The van der Waals surface area contributed by atoms with Gasteiger partial charge < -0.3 is 20.6 Å². The number of aryl methyl sites for hydroxylation is 1. The van der Waals surface area contributed by atoms with E-state index < -0.39 is 29.4 Å². The number of carboxylic acids is 1. The van der Waals surface area contributed by atoms with E-state index in [0.29, 0.717) is 12.2 Å². The van der Waals surface area contributed by atoms with Crippen LogP contribution >= 0.6 is 0 Å². The molecule has 0 radical (unpaired) electrons. The Morgan fingerprint density at radius 1 is 1.03 bits per heavy atom. The van der Waals surface area contributed by atoms with Gasteiger partial charge in [-0.2, -0.15) is 0 Å². The van der Waals surface area contributed by atoms with Crippen LogP contribution in [0.15, 0.2) is 36.4 Å². The maximum Gasteiger partial charge on any atom is 0.305 e. The number of unbranched alkanes of at least 4 members (excludes halogenated alkanes) is 3. The summed E-state index contributed by atoms with van der Waals surface area (Å²) in [6.45, 7) is 0.00785. The number of carbonyl (C=O) groups is 3. The van der Waals surface area contributed by atoms with Crippen molar-refractivity contribution in [2.24, 2.45) is 5.73 Å². The van der Waals surface area contributed by atoms with E-state index in [4.69, 9.17) is 10.8 Å². The monoisotopic (exact) mass is 473 g/mol. The fourth-order valence-electron chi connectivity index (χ4n) is 4.00. The van der Waals surface area contributed by atoms with Gasteiger partial charge in [-0.3, -0.25) is 14.4 Å². The average molecular weight is 474 g/mol. The van der Waals surface area contributed by atoms with Crippen molar-refractivity contribution in [1.82, 2.24) is 4.90 Å². The van der Waals surface area contributed by atoms with Crippen LogP contribution in [0.4, 0.5) is 14.5 Å². The number of rotatable bonds is 11. The predicted molar refractivity (Wildman–Crippen MR) is 123 cm³/mol. The first kappa shape index (κ1) is 25.3. The molecule has 1 aliphatic heterocycles. The zero-order chi connectivity index (χ0) is 24.7. The van der Waals surface area contributed by atoms with Gasteiger partial charge in [0.25, 0.3) is 5.91 Å². The third kappa shape index (κ3) is 6.38. The normalized spacial score (nSPS) is 13.7. The Kier molecular flexibility index (Phi) is 8.70.